The minimum Gasteiger partial charge on any atom is -0.493 e. The van der Waals surface area contributed by atoms with Gasteiger partial charge >= 0.3 is 0 Å². The molecular formula is C15H23NO4. The van der Waals surface area contributed by atoms with Crippen LogP contribution in [0.5, 0.6) is 5.75 Å². The molecule has 20 heavy (non-hydrogen) atoms. The van der Waals surface area contributed by atoms with Crippen LogP contribution in [0.3, 0.4) is 0 Å². The Morgan fingerprint density at radius 1 is 1.40 bits per heavy atom. The number of carbonyl (C=O) groups is 1. The maximum Gasteiger partial charge on any atom is 0.223 e. The molecule has 2 N–H and O–H groups in total. The molecule has 0 fully saturated rings. The number of nitrogens with one attached hydrogen (secondary N) is 1. The standard InChI is InChI=1S/C15H23NO4/c1-11-4-5-12(2)14(8-11)20-7-6-15(18)16-9-13(17)10-19-3/h4-5,8,13,17H,6-7,9-10H2,1-3H3,(H,16,18). The molecule has 0 saturated carbocycles. The summed E-state index contributed by atoms with van der Waals surface area (Å²) in [4.78, 5) is 11.6. The number of aryl methyl sites for hydroxylation is 2. The normalized spacial score (nSPS) is 12.0. The predicted molar refractivity (Wildman–Crippen MR) is 76.9 cm³/mol. The second kappa shape index (κ2) is 8.55. The van der Waals surface area contributed by atoms with E-state index in [2.05, 4.69) is 5.32 Å². The summed E-state index contributed by atoms with van der Waals surface area (Å²) >= 11 is 0. The van der Waals surface area contributed by atoms with E-state index < -0.39 is 6.10 Å². The Labute approximate surface area is 119 Å². The Bertz CT molecular complexity index is 434. The van der Waals surface area contributed by atoms with Gasteiger partial charge in [0.15, 0.2) is 0 Å². The highest BCUT2D eigenvalue weighted by Crippen LogP contribution is 2.19. The van der Waals surface area contributed by atoms with Crippen LogP contribution >= 0.6 is 0 Å². The molecule has 0 radical (unpaired) electrons. The van der Waals surface area contributed by atoms with Gasteiger partial charge in [0, 0.05) is 13.7 Å². The minimum atomic E-state index is -0.677. The highest BCUT2D eigenvalue weighted by molar-refractivity contribution is 5.76. The topological polar surface area (TPSA) is 67.8 Å². The van der Waals surface area contributed by atoms with Gasteiger partial charge in [-0.05, 0) is 31.0 Å². The summed E-state index contributed by atoms with van der Waals surface area (Å²) in [7, 11) is 1.50. The summed E-state index contributed by atoms with van der Waals surface area (Å²) in [5.41, 5.74) is 2.17. The van der Waals surface area contributed by atoms with Crippen LogP contribution in [-0.2, 0) is 9.53 Å². The molecule has 5 heteroatoms. The van der Waals surface area contributed by atoms with Crippen molar-refractivity contribution in [3.63, 3.8) is 0 Å². The number of carbonyl (C=O) groups excluding carboxylic acids is 1. The van der Waals surface area contributed by atoms with Crippen LogP contribution in [0.25, 0.3) is 0 Å². The minimum absolute atomic E-state index is 0.148. The lowest BCUT2D eigenvalue weighted by Gasteiger charge is -2.12. The number of ether oxygens (including phenoxy) is 2. The van der Waals surface area contributed by atoms with Gasteiger partial charge in [0.2, 0.25) is 5.91 Å². The quantitative estimate of drug-likeness (QED) is 0.751. The van der Waals surface area contributed by atoms with Gasteiger partial charge in [0.25, 0.3) is 0 Å². The second-order valence-electron chi connectivity index (χ2n) is 4.78. The van der Waals surface area contributed by atoms with Gasteiger partial charge in [-0.2, -0.15) is 0 Å². The molecule has 112 valence electrons. The zero-order valence-corrected chi connectivity index (χ0v) is 12.3. The second-order valence-corrected chi connectivity index (χ2v) is 4.78. The van der Waals surface area contributed by atoms with E-state index in [1.165, 1.54) is 7.11 Å². The molecular weight excluding hydrogens is 258 g/mol. The van der Waals surface area contributed by atoms with Crippen molar-refractivity contribution in [1.82, 2.24) is 5.32 Å². The molecule has 1 atom stereocenters. The third-order valence-corrected chi connectivity index (χ3v) is 2.82. The first kappa shape index (κ1) is 16.5. The summed E-state index contributed by atoms with van der Waals surface area (Å²) in [6, 6.07) is 5.97. The van der Waals surface area contributed by atoms with Gasteiger partial charge in [-0.3, -0.25) is 4.79 Å². The van der Waals surface area contributed by atoms with Gasteiger partial charge in [0.05, 0.1) is 25.7 Å². The lowest BCUT2D eigenvalue weighted by atomic mass is 10.1. The zero-order chi connectivity index (χ0) is 15.0. The van der Waals surface area contributed by atoms with E-state index in [1.807, 2.05) is 32.0 Å². The number of hydrogen-bond acceptors (Lipinski definition) is 4. The summed E-state index contributed by atoms with van der Waals surface area (Å²) in [5, 5.41) is 12.0. The molecule has 0 aromatic heterocycles. The molecule has 0 aliphatic rings. The first-order chi connectivity index (χ1) is 9.52. The molecule has 0 saturated heterocycles. The van der Waals surface area contributed by atoms with Crippen LogP contribution in [0.2, 0.25) is 0 Å². The SMILES string of the molecule is COCC(O)CNC(=O)CCOc1cc(C)ccc1C. The molecule has 1 amide bonds. The van der Waals surface area contributed by atoms with E-state index in [9.17, 15) is 9.90 Å². The lowest BCUT2D eigenvalue weighted by Crippen LogP contribution is -2.34. The summed E-state index contributed by atoms with van der Waals surface area (Å²) in [6.07, 6.45) is -0.420. The number of aliphatic hydroxyl groups excluding tert-OH is 1. The fourth-order valence-electron chi connectivity index (χ4n) is 1.69. The number of aliphatic hydroxyl groups is 1. The van der Waals surface area contributed by atoms with Gasteiger partial charge < -0.3 is 19.9 Å². The highest BCUT2D eigenvalue weighted by Gasteiger charge is 2.07. The number of methoxy groups -OCH3 is 1. The van der Waals surface area contributed by atoms with Crippen LogP contribution in [-0.4, -0.2) is 44.0 Å². The average Bonchev–Trinajstić information content (AvgIpc) is 2.41. The van der Waals surface area contributed by atoms with Crippen molar-refractivity contribution in [2.75, 3.05) is 26.9 Å². The van der Waals surface area contributed by atoms with Gasteiger partial charge in [-0.15, -0.1) is 0 Å². The molecule has 0 bridgehead atoms. The van der Waals surface area contributed by atoms with Gasteiger partial charge in [-0.1, -0.05) is 12.1 Å². The molecule has 0 heterocycles. The van der Waals surface area contributed by atoms with Crippen LogP contribution in [0.15, 0.2) is 18.2 Å². The maximum atomic E-state index is 11.6. The van der Waals surface area contributed by atoms with Crippen LogP contribution in [0.4, 0.5) is 0 Å². The first-order valence-electron chi connectivity index (χ1n) is 6.66. The van der Waals surface area contributed by atoms with E-state index >= 15 is 0 Å². The van der Waals surface area contributed by atoms with Crippen molar-refractivity contribution in [1.29, 1.82) is 0 Å². The van der Waals surface area contributed by atoms with E-state index in [-0.39, 0.29) is 25.5 Å². The molecule has 0 spiro atoms. The molecule has 0 aliphatic heterocycles. The molecule has 1 aromatic carbocycles. The van der Waals surface area contributed by atoms with Crippen LogP contribution < -0.4 is 10.1 Å². The zero-order valence-electron chi connectivity index (χ0n) is 12.3. The van der Waals surface area contributed by atoms with Gasteiger partial charge in [-0.25, -0.2) is 0 Å². The Kier molecular flexibility index (Phi) is 7.04. The maximum absolute atomic E-state index is 11.6. The largest absolute Gasteiger partial charge is 0.493 e. The fraction of sp³-hybridized carbons (Fsp3) is 0.533. The summed E-state index contributed by atoms with van der Waals surface area (Å²) in [5.74, 6) is 0.655. The highest BCUT2D eigenvalue weighted by atomic mass is 16.5. The van der Waals surface area contributed by atoms with Crippen molar-refractivity contribution in [2.45, 2.75) is 26.4 Å². The fourth-order valence-corrected chi connectivity index (χ4v) is 1.69. The monoisotopic (exact) mass is 281 g/mol. The van der Waals surface area contributed by atoms with Crippen molar-refractivity contribution < 1.29 is 19.4 Å². The number of hydrogen-bond donors (Lipinski definition) is 2. The lowest BCUT2D eigenvalue weighted by molar-refractivity contribution is -0.122. The number of rotatable bonds is 8. The number of amides is 1. The van der Waals surface area contributed by atoms with Crippen molar-refractivity contribution in [2.24, 2.45) is 0 Å². The summed E-state index contributed by atoms with van der Waals surface area (Å²) < 4.78 is 10.4. The van der Waals surface area contributed by atoms with E-state index in [0.29, 0.717) is 6.61 Å². The van der Waals surface area contributed by atoms with Gasteiger partial charge in [0.1, 0.15) is 5.75 Å². The molecule has 1 aromatic rings. The molecule has 5 nitrogen and oxygen atoms in total. The van der Waals surface area contributed by atoms with Crippen LogP contribution in [0, 0.1) is 13.8 Å². The van der Waals surface area contributed by atoms with Crippen molar-refractivity contribution in [3.05, 3.63) is 29.3 Å². The van der Waals surface area contributed by atoms with Crippen LogP contribution in [0.1, 0.15) is 17.5 Å². The first-order valence-corrected chi connectivity index (χ1v) is 6.66. The molecule has 1 unspecified atom stereocenters. The third-order valence-electron chi connectivity index (χ3n) is 2.82. The third kappa shape index (κ3) is 6.04. The Morgan fingerprint density at radius 2 is 2.15 bits per heavy atom. The number of benzene rings is 1. The average molecular weight is 281 g/mol. The van der Waals surface area contributed by atoms with E-state index in [0.717, 1.165) is 16.9 Å². The van der Waals surface area contributed by atoms with Crippen molar-refractivity contribution >= 4 is 5.91 Å². The Hall–Kier alpha value is -1.59. The molecule has 1 rings (SSSR count). The summed E-state index contributed by atoms with van der Waals surface area (Å²) in [6.45, 7) is 4.68. The van der Waals surface area contributed by atoms with E-state index in [4.69, 9.17) is 9.47 Å². The predicted octanol–water partition coefficient (Wildman–Crippen LogP) is 1.20. The smallest absolute Gasteiger partial charge is 0.223 e. The Morgan fingerprint density at radius 3 is 2.85 bits per heavy atom. The molecule has 0 aliphatic carbocycles. The Balaban J connectivity index is 2.26. The van der Waals surface area contributed by atoms with E-state index in [1.54, 1.807) is 0 Å². The van der Waals surface area contributed by atoms with Crippen molar-refractivity contribution in [3.8, 4) is 5.75 Å².